The molecule has 28 heavy (non-hydrogen) atoms. The van der Waals surface area contributed by atoms with Gasteiger partial charge in [0.25, 0.3) is 0 Å². The molecule has 6 nitrogen and oxygen atoms in total. The van der Waals surface area contributed by atoms with Gasteiger partial charge in [0.1, 0.15) is 11.5 Å². The van der Waals surface area contributed by atoms with E-state index >= 15 is 0 Å². The van der Waals surface area contributed by atoms with E-state index in [-0.39, 0.29) is 0 Å². The second-order valence-corrected chi connectivity index (χ2v) is 7.20. The zero-order valence-electron chi connectivity index (χ0n) is 15.2. The number of rotatable bonds is 2. The largest absolute Gasteiger partial charge is 0.478 e. The third-order valence-electron chi connectivity index (χ3n) is 4.78. The SMILES string of the molecule is CN1C[C@@H]2c3ccccc3Oc3ccc(Cl)cc3[C@@H]2C1.O=C(O)/C=C\C(=O)O. The van der Waals surface area contributed by atoms with Crippen LogP contribution in [-0.4, -0.2) is 47.2 Å². The van der Waals surface area contributed by atoms with Crippen molar-refractivity contribution in [1.29, 1.82) is 0 Å². The maximum absolute atomic E-state index is 9.55. The molecular weight excluding hydrogens is 382 g/mol. The van der Waals surface area contributed by atoms with Gasteiger partial charge < -0.3 is 19.8 Å². The van der Waals surface area contributed by atoms with Crippen molar-refractivity contribution < 1.29 is 24.5 Å². The van der Waals surface area contributed by atoms with Gasteiger partial charge >= 0.3 is 11.9 Å². The Kier molecular flexibility index (Phi) is 6.02. The van der Waals surface area contributed by atoms with E-state index in [1.54, 1.807) is 0 Å². The van der Waals surface area contributed by atoms with Gasteiger partial charge in [0.05, 0.1) is 0 Å². The summed E-state index contributed by atoms with van der Waals surface area (Å²) < 4.78 is 6.15. The number of carboxylic acid groups (broad SMARTS) is 2. The number of carboxylic acids is 2. The van der Waals surface area contributed by atoms with Gasteiger partial charge in [-0.3, -0.25) is 0 Å². The van der Waals surface area contributed by atoms with Crippen molar-refractivity contribution in [3.8, 4) is 11.5 Å². The minimum Gasteiger partial charge on any atom is -0.478 e. The molecule has 0 aromatic heterocycles. The van der Waals surface area contributed by atoms with Crippen molar-refractivity contribution in [2.45, 2.75) is 11.8 Å². The first-order chi connectivity index (χ1) is 13.3. The van der Waals surface area contributed by atoms with Gasteiger partial charge in [-0.25, -0.2) is 9.59 Å². The van der Waals surface area contributed by atoms with Crippen LogP contribution in [-0.2, 0) is 9.59 Å². The van der Waals surface area contributed by atoms with Gasteiger partial charge in [0.15, 0.2) is 0 Å². The van der Waals surface area contributed by atoms with Crippen LogP contribution in [0.5, 0.6) is 11.5 Å². The van der Waals surface area contributed by atoms with Crippen LogP contribution >= 0.6 is 11.6 Å². The molecule has 2 N–H and O–H groups in total. The number of hydrogen-bond acceptors (Lipinski definition) is 4. The summed E-state index contributed by atoms with van der Waals surface area (Å²) in [6, 6.07) is 14.4. The summed E-state index contributed by atoms with van der Waals surface area (Å²) in [5, 5.41) is 16.4. The highest BCUT2D eigenvalue weighted by molar-refractivity contribution is 6.30. The second kappa shape index (κ2) is 8.46. The lowest BCUT2D eigenvalue weighted by atomic mass is 9.84. The fourth-order valence-corrected chi connectivity index (χ4v) is 3.85. The average Bonchev–Trinajstić information content (AvgIpc) is 2.98. The molecule has 0 amide bonds. The maximum atomic E-state index is 9.55. The van der Waals surface area contributed by atoms with E-state index in [1.165, 1.54) is 11.1 Å². The number of likely N-dealkylation sites (tertiary alicyclic amines) is 1. The van der Waals surface area contributed by atoms with Gasteiger partial charge in [-0.15, -0.1) is 0 Å². The Morgan fingerprint density at radius 2 is 1.57 bits per heavy atom. The average molecular weight is 402 g/mol. The topological polar surface area (TPSA) is 87.1 Å². The molecular formula is C21H20ClNO5. The molecule has 2 aromatic carbocycles. The van der Waals surface area contributed by atoms with Crippen molar-refractivity contribution in [1.82, 2.24) is 4.90 Å². The van der Waals surface area contributed by atoms with Crippen LogP contribution in [0.4, 0.5) is 0 Å². The van der Waals surface area contributed by atoms with E-state index in [0.29, 0.717) is 24.0 Å². The Morgan fingerprint density at radius 1 is 1.00 bits per heavy atom. The number of hydrogen-bond donors (Lipinski definition) is 2. The molecule has 2 aliphatic rings. The lowest BCUT2D eigenvalue weighted by Gasteiger charge is -2.17. The summed E-state index contributed by atoms with van der Waals surface area (Å²) >= 11 is 6.20. The zero-order valence-corrected chi connectivity index (χ0v) is 16.0. The minimum atomic E-state index is -1.26. The third kappa shape index (κ3) is 4.52. The first-order valence-electron chi connectivity index (χ1n) is 8.74. The van der Waals surface area contributed by atoms with Crippen molar-refractivity contribution in [3.05, 3.63) is 70.8 Å². The predicted octanol–water partition coefficient (Wildman–Crippen LogP) is 3.97. The second-order valence-electron chi connectivity index (χ2n) is 6.77. The molecule has 2 atom stereocenters. The predicted molar refractivity (Wildman–Crippen MR) is 105 cm³/mol. The Labute approximate surface area is 167 Å². The number of para-hydroxylation sites is 1. The molecule has 146 valence electrons. The number of benzene rings is 2. The number of likely N-dealkylation sites (N-methyl/N-ethyl adjacent to an activating group) is 1. The van der Waals surface area contributed by atoms with Crippen molar-refractivity contribution in [3.63, 3.8) is 0 Å². The van der Waals surface area contributed by atoms with E-state index < -0.39 is 11.9 Å². The monoisotopic (exact) mass is 401 g/mol. The lowest BCUT2D eigenvalue weighted by molar-refractivity contribution is -0.134. The van der Waals surface area contributed by atoms with Crippen LogP contribution in [0.15, 0.2) is 54.6 Å². The van der Waals surface area contributed by atoms with Crippen LogP contribution < -0.4 is 4.74 Å². The van der Waals surface area contributed by atoms with Crippen LogP contribution in [0, 0.1) is 0 Å². The normalized spacial score (nSPS) is 20.1. The summed E-state index contributed by atoms with van der Waals surface area (Å²) in [5.41, 5.74) is 2.55. The van der Waals surface area contributed by atoms with Gasteiger partial charge in [0.2, 0.25) is 0 Å². The smallest absolute Gasteiger partial charge is 0.328 e. The Balaban J connectivity index is 0.000000242. The van der Waals surface area contributed by atoms with Gasteiger partial charge in [0, 0.05) is 47.7 Å². The fraction of sp³-hybridized carbons (Fsp3) is 0.238. The Hall–Kier alpha value is -2.83. The minimum absolute atomic E-state index is 0.456. The number of fused-ring (bicyclic) bond motifs is 5. The van der Waals surface area contributed by atoms with Gasteiger partial charge in [-0.1, -0.05) is 29.8 Å². The first-order valence-corrected chi connectivity index (χ1v) is 9.11. The molecule has 7 heteroatoms. The molecule has 2 heterocycles. The summed E-state index contributed by atoms with van der Waals surface area (Å²) in [6.07, 6.45) is 1.12. The summed E-state index contributed by atoms with van der Waals surface area (Å²) in [7, 11) is 2.18. The van der Waals surface area contributed by atoms with E-state index in [1.807, 2.05) is 18.2 Å². The number of nitrogens with zero attached hydrogens (tertiary/aromatic N) is 1. The fourth-order valence-electron chi connectivity index (χ4n) is 3.67. The number of halogens is 1. The highest BCUT2D eigenvalue weighted by Crippen LogP contribution is 2.49. The van der Waals surface area contributed by atoms with Crippen LogP contribution in [0.3, 0.4) is 0 Å². The molecule has 2 aliphatic heterocycles. The third-order valence-corrected chi connectivity index (χ3v) is 5.02. The molecule has 0 saturated carbocycles. The molecule has 0 unspecified atom stereocenters. The molecule has 2 aromatic rings. The number of aliphatic carboxylic acids is 2. The van der Waals surface area contributed by atoms with Crippen molar-refractivity contribution in [2.75, 3.05) is 20.1 Å². The van der Waals surface area contributed by atoms with Gasteiger partial charge in [-0.2, -0.15) is 0 Å². The molecule has 4 rings (SSSR count). The summed E-state index contributed by atoms with van der Waals surface area (Å²) in [4.78, 5) is 21.5. The molecule has 0 radical (unpaired) electrons. The highest BCUT2D eigenvalue weighted by atomic mass is 35.5. The van der Waals surface area contributed by atoms with E-state index in [2.05, 4.69) is 36.2 Å². The molecule has 1 fully saturated rings. The maximum Gasteiger partial charge on any atom is 0.328 e. The lowest BCUT2D eigenvalue weighted by Crippen LogP contribution is -2.14. The van der Waals surface area contributed by atoms with Crippen LogP contribution in [0.25, 0.3) is 0 Å². The number of carbonyl (C=O) groups is 2. The summed E-state index contributed by atoms with van der Waals surface area (Å²) in [6.45, 7) is 2.12. The summed E-state index contributed by atoms with van der Waals surface area (Å²) in [5.74, 6) is 0.358. The van der Waals surface area contributed by atoms with E-state index in [4.69, 9.17) is 26.6 Å². The van der Waals surface area contributed by atoms with Crippen LogP contribution in [0.1, 0.15) is 23.0 Å². The quantitative estimate of drug-likeness (QED) is 0.740. The number of ether oxygens (including phenoxy) is 1. The Bertz CT molecular complexity index is 911. The van der Waals surface area contributed by atoms with Crippen molar-refractivity contribution in [2.24, 2.45) is 0 Å². The molecule has 1 saturated heterocycles. The van der Waals surface area contributed by atoms with Crippen molar-refractivity contribution >= 4 is 23.5 Å². The zero-order chi connectivity index (χ0) is 20.3. The molecule has 0 bridgehead atoms. The molecule has 0 aliphatic carbocycles. The standard InChI is InChI=1S/C17H16ClNO.C4H4O4/c1-19-9-14-12-4-2-3-5-16(12)20-17-7-6-11(18)8-13(17)15(14)10-19;5-3(6)1-2-4(7)8/h2-8,14-15H,9-10H2,1H3;1-2H,(H,5,6)(H,7,8)/b;2-1-/t14-,15+;/m1./s1. The van der Waals surface area contributed by atoms with E-state index in [9.17, 15) is 9.59 Å². The Morgan fingerprint density at radius 3 is 2.21 bits per heavy atom. The van der Waals surface area contributed by atoms with Crippen LogP contribution in [0.2, 0.25) is 5.02 Å². The van der Waals surface area contributed by atoms with Gasteiger partial charge in [-0.05, 0) is 36.9 Å². The molecule has 0 spiro atoms. The first kappa shape index (κ1) is 19.9. The van der Waals surface area contributed by atoms with E-state index in [0.717, 1.165) is 29.6 Å². The highest BCUT2D eigenvalue weighted by Gasteiger charge is 2.38.